The van der Waals surface area contributed by atoms with Gasteiger partial charge in [-0.05, 0) is 11.6 Å². The number of aliphatic hydroxyl groups is 1. The fraction of sp³-hybridized carbons (Fsp3) is 0.100. The molecular weight excluding hydrogens is 166 g/mol. The third kappa shape index (κ3) is 2.72. The third-order valence-corrected chi connectivity index (χ3v) is 1.63. The van der Waals surface area contributed by atoms with E-state index in [0.29, 0.717) is 0 Å². The van der Waals surface area contributed by atoms with E-state index in [1.165, 1.54) is 0 Å². The van der Waals surface area contributed by atoms with Crippen molar-refractivity contribution in [3.05, 3.63) is 41.5 Å². The molecule has 1 aromatic carbocycles. The lowest BCUT2D eigenvalue weighted by molar-refractivity contribution is -0.114. The van der Waals surface area contributed by atoms with Gasteiger partial charge in [-0.25, -0.2) is 0 Å². The molecule has 3 nitrogen and oxygen atoms in total. The number of primary amides is 1. The molecule has 3 heteroatoms. The van der Waals surface area contributed by atoms with E-state index in [1.54, 1.807) is 6.08 Å². The van der Waals surface area contributed by atoms with Crippen LogP contribution in [0.2, 0.25) is 0 Å². The Hall–Kier alpha value is -1.61. The van der Waals surface area contributed by atoms with E-state index in [2.05, 4.69) is 0 Å². The highest BCUT2D eigenvalue weighted by atomic mass is 16.3. The first-order valence-electron chi connectivity index (χ1n) is 3.90. The van der Waals surface area contributed by atoms with Crippen LogP contribution in [0, 0.1) is 0 Å². The van der Waals surface area contributed by atoms with Crippen molar-refractivity contribution < 1.29 is 9.90 Å². The minimum Gasteiger partial charge on any atom is -0.391 e. The van der Waals surface area contributed by atoms with Crippen LogP contribution in [0.25, 0.3) is 6.08 Å². The highest BCUT2D eigenvalue weighted by molar-refractivity contribution is 5.96. The Bertz CT molecular complexity index is 317. The molecule has 0 aliphatic rings. The Kier molecular flexibility index (Phi) is 3.23. The summed E-state index contributed by atoms with van der Waals surface area (Å²) in [5, 5.41) is 8.79. The van der Waals surface area contributed by atoms with Gasteiger partial charge in [0.15, 0.2) is 0 Å². The number of nitrogens with two attached hydrogens (primary N) is 1. The summed E-state index contributed by atoms with van der Waals surface area (Å²) in [6, 6.07) is 9.24. The Balaban J connectivity index is 2.92. The van der Waals surface area contributed by atoms with Gasteiger partial charge in [0.25, 0.3) is 0 Å². The van der Waals surface area contributed by atoms with Gasteiger partial charge in [0, 0.05) is 5.57 Å². The number of carbonyl (C=O) groups is 1. The Morgan fingerprint density at radius 1 is 1.38 bits per heavy atom. The van der Waals surface area contributed by atoms with E-state index >= 15 is 0 Å². The van der Waals surface area contributed by atoms with Crippen molar-refractivity contribution >= 4 is 12.0 Å². The Morgan fingerprint density at radius 2 is 2.00 bits per heavy atom. The summed E-state index contributed by atoms with van der Waals surface area (Å²) >= 11 is 0. The molecule has 13 heavy (non-hydrogen) atoms. The van der Waals surface area contributed by atoms with Crippen LogP contribution in [0.1, 0.15) is 5.56 Å². The van der Waals surface area contributed by atoms with Gasteiger partial charge in [-0.2, -0.15) is 0 Å². The van der Waals surface area contributed by atoms with Crippen LogP contribution in [0.5, 0.6) is 0 Å². The monoisotopic (exact) mass is 177 g/mol. The lowest BCUT2D eigenvalue weighted by Gasteiger charge is -1.97. The van der Waals surface area contributed by atoms with Crippen LogP contribution < -0.4 is 5.73 Å². The van der Waals surface area contributed by atoms with Crippen LogP contribution >= 0.6 is 0 Å². The van der Waals surface area contributed by atoms with Crippen LogP contribution in [0.15, 0.2) is 35.9 Å². The average molecular weight is 177 g/mol. The zero-order chi connectivity index (χ0) is 9.68. The van der Waals surface area contributed by atoms with E-state index in [9.17, 15) is 4.79 Å². The average Bonchev–Trinajstić information content (AvgIpc) is 2.15. The summed E-state index contributed by atoms with van der Waals surface area (Å²) in [6.07, 6.45) is 1.57. The first-order chi connectivity index (χ1) is 6.24. The summed E-state index contributed by atoms with van der Waals surface area (Å²) in [5.41, 5.74) is 6.09. The minimum absolute atomic E-state index is 0.214. The fourth-order valence-corrected chi connectivity index (χ4v) is 0.945. The van der Waals surface area contributed by atoms with Gasteiger partial charge in [0.05, 0.1) is 6.61 Å². The second-order valence-electron chi connectivity index (χ2n) is 2.60. The number of hydrogen-bond acceptors (Lipinski definition) is 2. The molecule has 1 aromatic rings. The van der Waals surface area contributed by atoms with E-state index in [4.69, 9.17) is 10.8 Å². The van der Waals surface area contributed by atoms with Gasteiger partial charge < -0.3 is 10.8 Å². The molecule has 0 unspecified atom stereocenters. The van der Waals surface area contributed by atoms with Gasteiger partial charge in [-0.15, -0.1) is 0 Å². The van der Waals surface area contributed by atoms with E-state index in [-0.39, 0.29) is 12.2 Å². The molecule has 1 rings (SSSR count). The van der Waals surface area contributed by atoms with Gasteiger partial charge in [-0.1, -0.05) is 30.3 Å². The topological polar surface area (TPSA) is 63.3 Å². The molecule has 1 amide bonds. The zero-order valence-corrected chi connectivity index (χ0v) is 7.10. The van der Waals surface area contributed by atoms with Crippen molar-refractivity contribution in [1.82, 2.24) is 0 Å². The van der Waals surface area contributed by atoms with Gasteiger partial charge in [0.1, 0.15) is 0 Å². The summed E-state index contributed by atoms with van der Waals surface area (Å²) in [5.74, 6) is -0.591. The molecule has 0 heterocycles. The van der Waals surface area contributed by atoms with Crippen LogP contribution in [0.3, 0.4) is 0 Å². The molecule has 3 N–H and O–H groups in total. The number of rotatable bonds is 3. The molecule has 0 fully saturated rings. The first-order valence-corrected chi connectivity index (χ1v) is 3.90. The molecule has 0 atom stereocenters. The second kappa shape index (κ2) is 4.42. The number of carbonyl (C=O) groups excluding carboxylic acids is 1. The highest BCUT2D eigenvalue weighted by Gasteiger charge is 2.01. The van der Waals surface area contributed by atoms with E-state index in [1.807, 2.05) is 30.3 Å². The lowest BCUT2D eigenvalue weighted by atomic mass is 10.1. The maximum absolute atomic E-state index is 10.7. The largest absolute Gasteiger partial charge is 0.391 e. The second-order valence-corrected chi connectivity index (χ2v) is 2.60. The third-order valence-electron chi connectivity index (χ3n) is 1.63. The molecule has 0 aliphatic carbocycles. The van der Waals surface area contributed by atoms with Gasteiger partial charge in [-0.3, -0.25) is 4.79 Å². The Labute approximate surface area is 76.5 Å². The number of aliphatic hydroxyl groups excluding tert-OH is 1. The van der Waals surface area contributed by atoms with E-state index in [0.717, 1.165) is 5.56 Å². The Morgan fingerprint density at radius 3 is 2.46 bits per heavy atom. The van der Waals surface area contributed by atoms with Crippen LogP contribution in [0.4, 0.5) is 0 Å². The molecule has 0 saturated heterocycles. The minimum atomic E-state index is -0.591. The molecule has 0 aliphatic heterocycles. The summed E-state index contributed by atoms with van der Waals surface area (Å²) in [7, 11) is 0. The normalized spacial score (nSPS) is 11.3. The van der Waals surface area contributed by atoms with Crippen molar-refractivity contribution in [3.8, 4) is 0 Å². The molecular formula is C10H11NO2. The molecule has 68 valence electrons. The molecule has 0 radical (unpaired) electrons. The number of hydrogen-bond donors (Lipinski definition) is 2. The lowest BCUT2D eigenvalue weighted by Crippen LogP contribution is -2.16. The smallest absolute Gasteiger partial charge is 0.246 e. The molecule has 0 spiro atoms. The number of amides is 1. The SMILES string of the molecule is NC(=O)/C(=C/c1ccccc1)CO. The summed E-state index contributed by atoms with van der Waals surface area (Å²) < 4.78 is 0. The summed E-state index contributed by atoms with van der Waals surface area (Å²) in [4.78, 5) is 10.7. The van der Waals surface area contributed by atoms with Crippen LogP contribution in [-0.4, -0.2) is 17.6 Å². The van der Waals surface area contributed by atoms with Crippen molar-refractivity contribution in [3.63, 3.8) is 0 Å². The van der Waals surface area contributed by atoms with Crippen molar-refractivity contribution in [2.45, 2.75) is 0 Å². The zero-order valence-electron chi connectivity index (χ0n) is 7.10. The predicted octanol–water partition coefficient (Wildman–Crippen LogP) is 0.548. The quantitative estimate of drug-likeness (QED) is 0.662. The molecule has 0 aromatic heterocycles. The summed E-state index contributed by atoms with van der Waals surface area (Å²) in [6.45, 7) is -0.329. The van der Waals surface area contributed by atoms with Crippen molar-refractivity contribution in [2.24, 2.45) is 5.73 Å². The maximum Gasteiger partial charge on any atom is 0.246 e. The fourth-order valence-electron chi connectivity index (χ4n) is 0.945. The molecule has 0 saturated carbocycles. The van der Waals surface area contributed by atoms with Crippen molar-refractivity contribution in [2.75, 3.05) is 6.61 Å². The standard InChI is InChI=1S/C10H11NO2/c11-10(13)9(7-12)6-8-4-2-1-3-5-8/h1-6,12H,7H2,(H2,11,13)/b9-6+. The van der Waals surface area contributed by atoms with Crippen LogP contribution in [-0.2, 0) is 4.79 Å². The van der Waals surface area contributed by atoms with Gasteiger partial charge in [0.2, 0.25) is 5.91 Å². The highest BCUT2D eigenvalue weighted by Crippen LogP contribution is 2.05. The first kappa shape index (κ1) is 9.48. The maximum atomic E-state index is 10.7. The number of benzene rings is 1. The van der Waals surface area contributed by atoms with Gasteiger partial charge >= 0.3 is 0 Å². The predicted molar refractivity (Wildman–Crippen MR) is 50.7 cm³/mol. The van der Waals surface area contributed by atoms with Crippen molar-refractivity contribution in [1.29, 1.82) is 0 Å². The molecule has 0 bridgehead atoms. The van der Waals surface area contributed by atoms with E-state index < -0.39 is 5.91 Å².